The Bertz CT molecular complexity index is 778. The molecule has 2 aromatic heterocycles. The van der Waals surface area contributed by atoms with Crippen LogP contribution in [-0.4, -0.2) is 32.8 Å². The number of benzene rings is 1. The number of phenols is 1. The molecule has 1 aromatic carbocycles. The van der Waals surface area contributed by atoms with Crippen LogP contribution in [0.2, 0.25) is 0 Å². The maximum atomic E-state index is 11.7. The zero-order valence-electron chi connectivity index (χ0n) is 10.6. The minimum absolute atomic E-state index is 0.179. The number of aromatic hydroxyl groups is 1. The van der Waals surface area contributed by atoms with Crippen molar-refractivity contribution in [2.75, 3.05) is 7.11 Å². The first-order valence-corrected chi connectivity index (χ1v) is 5.92. The lowest BCUT2D eigenvalue weighted by molar-refractivity contribution is 0.0602. The van der Waals surface area contributed by atoms with Crippen LogP contribution >= 0.6 is 0 Å². The van der Waals surface area contributed by atoms with E-state index in [2.05, 4.69) is 10.2 Å². The number of rotatable bonds is 2. The van der Waals surface area contributed by atoms with Gasteiger partial charge in [-0.1, -0.05) is 0 Å². The monoisotopic (exact) mass is 269 g/mol. The van der Waals surface area contributed by atoms with Crippen molar-refractivity contribution in [2.45, 2.75) is 0 Å². The molecule has 1 N–H and O–H groups in total. The van der Waals surface area contributed by atoms with Crippen molar-refractivity contribution in [3.8, 4) is 17.1 Å². The summed E-state index contributed by atoms with van der Waals surface area (Å²) in [6, 6.07) is 9.97. The van der Waals surface area contributed by atoms with Crippen LogP contribution in [0.3, 0.4) is 0 Å². The Balaban J connectivity index is 2.19. The molecular weight excluding hydrogens is 258 g/mol. The number of phenolic OH excluding ortho intramolecular Hbond substituents is 1. The summed E-state index contributed by atoms with van der Waals surface area (Å²) in [5.74, 6) is 0.309. The number of aromatic nitrogens is 3. The van der Waals surface area contributed by atoms with Gasteiger partial charge in [0.05, 0.1) is 7.11 Å². The molecule has 2 heterocycles. The number of hydrogen-bond acceptors (Lipinski definition) is 5. The molecule has 0 saturated heterocycles. The maximum absolute atomic E-state index is 11.7. The van der Waals surface area contributed by atoms with Gasteiger partial charge in [0, 0.05) is 11.8 Å². The molecule has 3 aromatic rings. The van der Waals surface area contributed by atoms with Crippen LogP contribution in [0.1, 0.15) is 10.4 Å². The summed E-state index contributed by atoms with van der Waals surface area (Å²) >= 11 is 0. The molecular formula is C14H11N3O3. The zero-order valence-corrected chi connectivity index (χ0v) is 10.6. The Hall–Kier alpha value is -2.89. The quantitative estimate of drug-likeness (QED) is 0.719. The van der Waals surface area contributed by atoms with Crippen molar-refractivity contribution in [3.63, 3.8) is 0 Å². The predicted octanol–water partition coefficient (Wildman–Crippen LogP) is 1.89. The summed E-state index contributed by atoms with van der Waals surface area (Å²) in [5, 5.41) is 17.4. The first-order chi connectivity index (χ1) is 9.70. The van der Waals surface area contributed by atoms with Gasteiger partial charge in [-0.2, -0.15) is 0 Å². The number of esters is 1. The Morgan fingerprint density at radius 1 is 1.20 bits per heavy atom. The van der Waals surface area contributed by atoms with Crippen LogP contribution in [0.4, 0.5) is 0 Å². The van der Waals surface area contributed by atoms with E-state index in [-0.39, 0.29) is 5.75 Å². The molecule has 100 valence electrons. The first kappa shape index (κ1) is 12.2. The highest BCUT2D eigenvalue weighted by atomic mass is 16.5. The zero-order chi connectivity index (χ0) is 14.1. The average Bonchev–Trinajstić information content (AvgIpc) is 2.91. The van der Waals surface area contributed by atoms with Gasteiger partial charge in [0.1, 0.15) is 11.3 Å². The molecule has 0 amide bonds. The topological polar surface area (TPSA) is 76.7 Å². The van der Waals surface area contributed by atoms with Crippen molar-refractivity contribution in [1.82, 2.24) is 14.6 Å². The Labute approximate surface area is 114 Å². The average molecular weight is 269 g/mol. The first-order valence-electron chi connectivity index (χ1n) is 5.92. The molecule has 6 nitrogen and oxygen atoms in total. The van der Waals surface area contributed by atoms with E-state index in [0.29, 0.717) is 17.0 Å². The molecule has 0 spiro atoms. The molecule has 0 aliphatic rings. The standard InChI is InChI=1S/C14H11N3O3/c1-20-14(19)11-3-2-8-17-12(15-16-13(11)17)9-4-6-10(18)7-5-9/h2-8,18H,1H3. The minimum Gasteiger partial charge on any atom is -0.508 e. The molecule has 6 heteroatoms. The molecule has 0 radical (unpaired) electrons. The number of methoxy groups -OCH3 is 1. The lowest BCUT2D eigenvalue weighted by atomic mass is 10.2. The van der Waals surface area contributed by atoms with Crippen LogP contribution < -0.4 is 0 Å². The van der Waals surface area contributed by atoms with E-state index in [1.165, 1.54) is 7.11 Å². The summed E-state index contributed by atoms with van der Waals surface area (Å²) in [5.41, 5.74) is 1.58. The second kappa shape index (κ2) is 4.65. The number of carbonyl (C=O) groups excluding carboxylic acids is 1. The largest absolute Gasteiger partial charge is 0.508 e. The summed E-state index contributed by atoms with van der Waals surface area (Å²) in [7, 11) is 1.32. The van der Waals surface area contributed by atoms with Crippen molar-refractivity contribution < 1.29 is 14.6 Å². The molecule has 20 heavy (non-hydrogen) atoms. The van der Waals surface area contributed by atoms with Gasteiger partial charge in [0.2, 0.25) is 0 Å². The molecule has 0 fully saturated rings. The van der Waals surface area contributed by atoms with Gasteiger partial charge in [-0.3, -0.25) is 4.40 Å². The normalized spacial score (nSPS) is 10.7. The Kier molecular flexibility index (Phi) is 2.83. The summed E-state index contributed by atoms with van der Waals surface area (Å²) < 4.78 is 6.43. The second-order valence-corrected chi connectivity index (χ2v) is 4.18. The third kappa shape index (κ3) is 1.87. The number of pyridine rings is 1. The third-order valence-corrected chi connectivity index (χ3v) is 2.97. The van der Waals surface area contributed by atoms with E-state index >= 15 is 0 Å². The molecule has 0 aliphatic heterocycles. The van der Waals surface area contributed by atoms with E-state index in [0.717, 1.165) is 5.56 Å². The van der Waals surface area contributed by atoms with Crippen LogP contribution in [0.15, 0.2) is 42.6 Å². The van der Waals surface area contributed by atoms with E-state index in [1.807, 2.05) is 0 Å². The fourth-order valence-electron chi connectivity index (χ4n) is 1.99. The highest BCUT2D eigenvalue weighted by Gasteiger charge is 2.15. The number of carbonyl (C=O) groups is 1. The smallest absolute Gasteiger partial charge is 0.341 e. The van der Waals surface area contributed by atoms with Crippen LogP contribution in [0, 0.1) is 0 Å². The molecule has 0 saturated carbocycles. The molecule has 3 rings (SSSR count). The van der Waals surface area contributed by atoms with Crippen LogP contribution in [0.25, 0.3) is 17.0 Å². The van der Waals surface area contributed by atoms with Gasteiger partial charge in [0.15, 0.2) is 11.5 Å². The molecule has 0 unspecified atom stereocenters. The highest BCUT2D eigenvalue weighted by molar-refractivity contribution is 5.95. The third-order valence-electron chi connectivity index (χ3n) is 2.97. The van der Waals surface area contributed by atoms with E-state index in [1.54, 1.807) is 47.0 Å². The number of nitrogens with zero attached hydrogens (tertiary/aromatic N) is 3. The summed E-state index contributed by atoms with van der Waals surface area (Å²) in [4.78, 5) is 11.7. The van der Waals surface area contributed by atoms with Gasteiger partial charge < -0.3 is 9.84 Å². The van der Waals surface area contributed by atoms with Crippen molar-refractivity contribution in [1.29, 1.82) is 0 Å². The molecule has 0 aliphatic carbocycles. The molecule has 0 atom stereocenters. The van der Waals surface area contributed by atoms with E-state index in [4.69, 9.17) is 4.74 Å². The fraction of sp³-hybridized carbons (Fsp3) is 0.0714. The van der Waals surface area contributed by atoms with Gasteiger partial charge in [-0.05, 0) is 36.4 Å². The van der Waals surface area contributed by atoms with Crippen molar-refractivity contribution >= 4 is 11.6 Å². The Morgan fingerprint density at radius 3 is 2.65 bits per heavy atom. The second-order valence-electron chi connectivity index (χ2n) is 4.18. The van der Waals surface area contributed by atoms with Crippen molar-refractivity contribution in [3.05, 3.63) is 48.2 Å². The lowest BCUT2D eigenvalue weighted by Gasteiger charge is -2.03. The van der Waals surface area contributed by atoms with Crippen LogP contribution in [0.5, 0.6) is 5.75 Å². The lowest BCUT2D eigenvalue weighted by Crippen LogP contribution is -2.04. The van der Waals surface area contributed by atoms with Gasteiger partial charge in [-0.25, -0.2) is 4.79 Å². The number of hydrogen-bond donors (Lipinski definition) is 1. The summed E-state index contributed by atoms with van der Waals surface area (Å²) in [6.07, 6.45) is 1.77. The SMILES string of the molecule is COC(=O)c1cccn2c(-c3ccc(O)cc3)nnc12. The van der Waals surface area contributed by atoms with E-state index < -0.39 is 5.97 Å². The minimum atomic E-state index is -0.458. The maximum Gasteiger partial charge on any atom is 0.341 e. The van der Waals surface area contributed by atoms with Crippen LogP contribution in [-0.2, 0) is 4.74 Å². The fourth-order valence-corrected chi connectivity index (χ4v) is 1.99. The highest BCUT2D eigenvalue weighted by Crippen LogP contribution is 2.22. The Morgan fingerprint density at radius 2 is 1.95 bits per heavy atom. The predicted molar refractivity (Wildman–Crippen MR) is 71.4 cm³/mol. The van der Waals surface area contributed by atoms with Gasteiger partial charge in [-0.15, -0.1) is 10.2 Å². The van der Waals surface area contributed by atoms with Gasteiger partial charge >= 0.3 is 5.97 Å². The van der Waals surface area contributed by atoms with Gasteiger partial charge in [0.25, 0.3) is 0 Å². The molecule has 0 bridgehead atoms. The van der Waals surface area contributed by atoms with E-state index in [9.17, 15) is 9.90 Å². The number of ether oxygens (including phenoxy) is 1. The van der Waals surface area contributed by atoms with Crippen molar-refractivity contribution in [2.24, 2.45) is 0 Å². The summed E-state index contributed by atoms with van der Waals surface area (Å²) in [6.45, 7) is 0. The number of fused-ring (bicyclic) bond motifs is 1.